The van der Waals surface area contributed by atoms with E-state index in [2.05, 4.69) is 10.6 Å². The molecule has 1 aromatic rings. The van der Waals surface area contributed by atoms with Crippen LogP contribution in [-0.4, -0.2) is 94.6 Å². The lowest BCUT2D eigenvalue weighted by atomic mass is 9.77. The van der Waals surface area contributed by atoms with Crippen LogP contribution in [0.2, 0.25) is 0 Å². The third-order valence-electron chi connectivity index (χ3n) is 7.83. The Morgan fingerprint density at radius 1 is 0.900 bits per heavy atom. The Morgan fingerprint density at radius 2 is 1.43 bits per heavy atom. The molecule has 2 saturated heterocycles. The number of thiophene rings is 1. The Morgan fingerprint density at radius 3 is 1.88 bits per heavy atom. The lowest BCUT2D eigenvalue weighted by molar-refractivity contribution is -0.312. The fourth-order valence-corrected chi connectivity index (χ4v) is 7.00. The van der Waals surface area contributed by atoms with Crippen molar-refractivity contribution in [2.24, 2.45) is 11.8 Å². The summed E-state index contributed by atoms with van der Waals surface area (Å²) in [7, 11) is 0. The van der Waals surface area contributed by atoms with E-state index in [-0.39, 0.29) is 43.5 Å². The minimum absolute atomic E-state index is 0.00400. The minimum atomic E-state index is -1.44. The molecule has 2 N–H and O–H groups in total. The van der Waals surface area contributed by atoms with Crippen LogP contribution in [-0.2, 0) is 24.0 Å². The molecule has 14 heteroatoms. The predicted molar refractivity (Wildman–Crippen MR) is 142 cm³/mol. The number of thioether (sulfide) groups is 1. The van der Waals surface area contributed by atoms with Gasteiger partial charge in [-0.05, 0) is 43.4 Å². The summed E-state index contributed by atoms with van der Waals surface area (Å²) >= 11 is 2.56. The minimum Gasteiger partial charge on any atom is -0.548 e. The Bertz CT molecular complexity index is 1150. The third-order valence-corrected chi connectivity index (χ3v) is 9.25. The molecule has 0 spiro atoms. The summed E-state index contributed by atoms with van der Waals surface area (Å²) in [4.78, 5) is 78.8. The molecule has 40 heavy (non-hydrogen) atoms. The SMILES string of the molecule is CSCC(=O)N[C@H]1C[C@@H](C(=O)[O-])N(C(=O)[C@@H]2CCCC[C@@H]2C(=O)N2C[C@@H](NC(=O)c3cccs3)C[C@H]2C(=O)[O-])C1. The lowest BCUT2D eigenvalue weighted by Crippen LogP contribution is -2.54. The van der Waals surface area contributed by atoms with Crippen molar-refractivity contribution in [2.75, 3.05) is 25.1 Å². The summed E-state index contributed by atoms with van der Waals surface area (Å²) in [6, 6.07) is -0.311. The second kappa shape index (κ2) is 13.0. The van der Waals surface area contributed by atoms with Gasteiger partial charge in [0.15, 0.2) is 0 Å². The van der Waals surface area contributed by atoms with Crippen molar-refractivity contribution in [3.63, 3.8) is 0 Å². The van der Waals surface area contributed by atoms with Crippen LogP contribution < -0.4 is 20.8 Å². The van der Waals surface area contributed by atoms with Crippen LogP contribution in [0.15, 0.2) is 17.5 Å². The van der Waals surface area contributed by atoms with E-state index in [9.17, 15) is 39.0 Å². The molecule has 2 aliphatic heterocycles. The van der Waals surface area contributed by atoms with Gasteiger partial charge >= 0.3 is 0 Å². The highest BCUT2D eigenvalue weighted by atomic mass is 32.2. The summed E-state index contributed by atoms with van der Waals surface area (Å²) in [5, 5.41) is 31.2. The van der Waals surface area contributed by atoms with Crippen LogP contribution in [0, 0.1) is 11.8 Å². The number of carbonyl (C=O) groups is 6. The fourth-order valence-electron chi connectivity index (χ4n) is 6.03. The fraction of sp³-hybridized carbons (Fsp3) is 0.615. The average Bonchev–Trinajstić information content (AvgIpc) is 3.68. The summed E-state index contributed by atoms with van der Waals surface area (Å²) in [6.07, 6.45) is 3.74. The Balaban J connectivity index is 1.48. The first kappa shape index (κ1) is 29.8. The second-order valence-electron chi connectivity index (χ2n) is 10.5. The van der Waals surface area contributed by atoms with Crippen LogP contribution in [0.4, 0.5) is 0 Å². The first-order chi connectivity index (χ1) is 19.1. The number of aliphatic carboxylic acids is 2. The Labute approximate surface area is 239 Å². The number of amides is 4. The van der Waals surface area contributed by atoms with E-state index in [0.717, 1.165) is 0 Å². The second-order valence-corrected chi connectivity index (χ2v) is 12.3. The van der Waals surface area contributed by atoms with Gasteiger partial charge in [0, 0.05) is 37.0 Å². The maximum Gasteiger partial charge on any atom is 0.261 e. The zero-order valence-electron chi connectivity index (χ0n) is 22.0. The van der Waals surface area contributed by atoms with Gasteiger partial charge in [0.05, 0.1) is 34.7 Å². The monoisotopic (exact) mass is 592 g/mol. The Hall–Kier alpha value is -3.13. The molecule has 1 aliphatic carbocycles. The molecule has 218 valence electrons. The van der Waals surface area contributed by atoms with Crippen molar-refractivity contribution in [2.45, 2.75) is 62.7 Å². The smallest absolute Gasteiger partial charge is 0.261 e. The quantitative estimate of drug-likeness (QED) is 0.335. The number of carbonyl (C=O) groups excluding carboxylic acids is 6. The first-order valence-electron chi connectivity index (χ1n) is 13.3. The van der Waals surface area contributed by atoms with Gasteiger partial charge in [-0.1, -0.05) is 18.9 Å². The van der Waals surface area contributed by atoms with Crippen molar-refractivity contribution >= 4 is 58.7 Å². The Kier molecular flexibility index (Phi) is 9.72. The van der Waals surface area contributed by atoms with Crippen molar-refractivity contribution in [3.05, 3.63) is 22.4 Å². The normalized spacial score (nSPS) is 28.2. The van der Waals surface area contributed by atoms with Crippen LogP contribution >= 0.6 is 23.1 Å². The molecule has 3 fully saturated rings. The molecule has 0 aromatic carbocycles. The van der Waals surface area contributed by atoms with E-state index in [0.29, 0.717) is 30.6 Å². The number of rotatable bonds is 9. The van der Waals surface area contributed by atoms with E-state index >= 15 is 0 Å². The number of carboxylic acid groups (broad SMARTS) is 2. The molecular formula is C26H32N4O8S2-2. The van der Waals surface area contributed by atoms with Gasteiger partial charge in [0.25, 0.3) is 5.91 Å². The molecule has 3 aliphatic rings. The van der Waals surface area contributed by atoms with Crippen LogP contribution in [0.5, 0.6) is 0 Å². The highest BCUT2D eigenvalue weighted by molar-refractivity contribution is 7.99. The molecule has 1 saturated carbocycles. The molecule has 0 bridgehead atoms. The molecule has 4 rings (SSSR count). The van der Waals surface area contributed by atoms with E-state index in [1.807, 2.05) is 0 Å². The van der Waals surface area contributed by atoms with Crippen LogP contribution in [0.3, 0.4) is 0 Å². The average molecular weight is 593 g/mol. The number of nitrogens with one attached hydrogen (secondary N) is 2. The van der Waals surface area contributed by atoms with Crippen LogP contribution in [0.25, 0.3) is 0 Å². The largest absolute Gasteiger partial charge is 0.548 e. The first-order valence-corrected chi connectivity index (χ1v) is 15.5. The van der Waals surface area contributed by atoms with Gasteiger partial charge in [0.2, 0.25) is 17.7 Å². The standard InChI is InChI=1S/C26H34N4O8S2/c1-39-13-21(31)27-14-9-18(25(35)36)29(11-14)23(33)16-5-2-3-6-17(16)24(34)30-12-15(10-19(30)26(37)38)28-22(32)20-7-4-8-40-20/h4,7-8,14-19H,2-3,5-6,9-13H2,1H3,(H,27,31)(H,28,32)(H,35,36)(H,37,38)/p-2/t14-,15-,16+,17-,18-,19-/m0/s1. The summed E-state index contributed by atoms with van der Waals surface area (Å²) < 4.78 is 0. The maximum atomic E-state index is 13.8. The van der Waals surface area contributed by atoms with Crippen molar-refractivity contribution in [1.29, 1.82) is 0 Å². The van der Waals surface area contributed by atoms with E-state index in [1.54, 1.807) is 23.8 Å². The zero-order chi connectivity index (χ0) is 29.0. The topological polar surface area (TPSA) is 179 Å². The number of likely N-dealkylation sites (tertiary alicyclic amines) is 2. The van der Waals surface area contributed by atoms with Gasteiger partial charge in [-0.3, -0.25) is 19.2 Å². The summed E-state index contributed by atoms with van der Waals surface area (Å²) in [5.41, 5.74) is 0. The summed E-state index contributed by atoms with van der Waals surface area (Å²) in [5.74, 6) is -6.03. The molecule has 3 heterocycles. The van der Waals surface area contributed by atoms with E-state index in [1.165, 1.54) is 32.9 Å². The number of carboxylic acids is 2. The molecule has 1 aromatic heterocycles. The number of hydrogen-bond donors (Lipinski definition) is 2. The molecule has 4 amide bonds. The van der Waals surface area contributed by atoms with Gasteiger partial charge in [-0.15, -0.1) is 11.3 Å². The molecular weight excluding hydrogens is 560 g/mol. The van der Waals surface area contributed by atoms with Gasteiger partial charge in [-0.25, -0.2) is 0 Å². The van der Waals surface area contributed by atoms with Crippen molar-refractivity contribution < 1.29 is 39.0 Å². The van der Waals surface area contributed by atoms with Gasteiger partial charge in [0.1, 0.15) is 0 Å². The van der Waals surface area contributed by atoms with E-state index < -0.39 is 59.8 Å². The third kappa shape index (κ3) is 6.60. The van der Waals surface area contributed by atoms with Crippen molar-refractivity contribution in [1.82, 2.24) is 20.4 Å². The molecule has 12 nitrogen and oxygen atoms in total. The molecule has 0 unspecified atom stereocenters. The van der Waals surface area contributed by atoms with Crippen LogP contribution in [0.1, 0.15) is 48.2 Å². The highest BCUT2D eigenvalue weighted by Crippen LogP contribution is 2.36. The molecule has 0 radical (unpaired) electrons. The number of nitrogens with zero attached hydrogens (tertiary/aromatic N) is 2. The van der Waals surface area contributed by atoms with Crippen molar-refractivity contribution in [3.8, 4) is 0 Å². The lowest BCUT2D eigenvalue weighted by Gasteiger charge is -2.37. The maximum absolute atomic E-state index is 13.8. The highest BCUT2D eigenvalue weighted by Gasteiger charge is 2.47. The van der Waals surface area contributed by atoms with Gasteiger partial charge < -0.3 is 40.2 Å². The van der Waals surface area contributed by atoms with Gasteiger partial charge in [-0.2, -0.15) is 11.8 Å². The predicted octanol–water partition coefficient (Wildman–Crippen LogP) is -1.80. The zero-order valence-corrected chi connectivity index (χ0v) is 23.7. The number of hydrogen-bond acceptors (Lipinski definition) is 10. The van der Waals surface area contributed by atoms with E-state index in [4.69, 9.17) is 0 Å². The summed E-state index contributed by atoms with van der Waals surface area (Å²) in [6.45, 7) is -0.0574. The molecule has 6 atom stereocenters.